The Morgan fingerprint density at radius 3 is 2.37 bits per heavy atom. The lowest BCUT2D eigenvalue weighted by Crippen LogP contribution is -2.35. The summed E-state index contributed by atoms with van der Waals surface area (Å²) in [6.45, 7) is 4.19. The molecule has 1 saturated heterocycles. The van der Waals surface area contributed by atoms with Crippen molar-refractivity contribution in [1.82, 2.24) is 30.3 Å². The van der Waals surface area contributed by atoms with Crippen molar-refractivity contribution in [3.63, 3.8) is 0 Å². The van der Waals surface area contributed by atoms with Crippen molar-refractivity contribution in [2.75, 3.05) is 27.3 Å². The van der Waals surface area contributed by atoms with Gasteiger partial charge in [-0.1, -0.05) is 65.7 Å². The van der Waals surface area contributed by atoms with Gasteiger partial charge in [-0.25, -0.2) is 9.97 Å². The second-order valence-corrected chi connectivity index (χ2v) is 12.8. The normalized spacial score (nSPS) is 15.0. The molecule has 3 N–H and O–H groups in total. The standard InChI is InChI=1S/C37H38Cl2N6O4/c1-22(48-2)17-40-19-25-20-42-32-16-23(14-15-45(32)37(25)47)27-6-4-7-28(34(27)38)29-8-5-9-30(35(29)39)31-12-10-24(36(44-31)49-3)18-41-21-26-11-13-33(46)43-26/h4-10,12,14-16,20,22,26,40-41H,11,13,17-19,21H2,1-3H3,(H,43,46)/t22-,26-/m0/s1. The lowest BCUT2D eigenvalue weighted by molar-refractivity contribution is -0.119. The highest BCUT2D eigenvalue weighted by atomic mass is 35.5. The molecule has 254 valence electrons. The molecule has 1 aliphatic rings. The number of nitrogens with one attached hydrogen (secondary N) is 3. The topological polar surface area (TPSA) is 119 Å². The summed E-state index contributed by atoms with van der Waals surface area (Å²) in [5, 5.41) is 10.6. The lowest BCUT2D eigenvalue weighted by Gasteiger charge is -2.16. The summed E-state index contributed by atoms with van der Waals surface area (Å²) < 4.78 is 12.4. The average Bonchev–Trinajstić information content (AvgIpc) is 3.54. The summed E-state index contributed by atoms with van der Waals surface area (Å²) >= 11 is 14.2. The summed E-state index contributed by atoms with van der Waals surface area (Å²) in [4.78, 5) is 34.0. The van der Waals surface area contributed by atoms with Crippen molar-refractivity contribution in [2.45, 2.75) is 45.0 Å². The highest BCUT2D eigenvalue weighted by Gasteiger charge is 2.21. The minimum absolute atomic E-state index is 0.0381. The van der Waals surface area contributed by atoms with Crippen LogP contribution in [0.4, 0.5) is 0 Å². The van der Waals surface area contributed by atoms with Crippen molar-refractivity contribution in [1.29, 1.82) is 0 Å². The Morgan fingerprint density at radius 2 is 1.65 bits per heavy atom. The first kappa shape index (κ1) is 34.5. The van der Waals surface area contributed by atoms with Crippen molar-refractivity contribution in [2.24, 2.45) is 0 Å². The minimum Gasteiger partial charge on any atom is -0.481 e. The molecule has 4 heterocycles. The molecule has 0 saturated carbocycles. The second kappa shape index (κ2) is 15.5. The van der Waals surface area contributed by atoms with Crippen LogP contribution in [-0.2, 0) is 22.6 Å². The van der Waals surface area contributed by atoms with Gasteiger partial charge in [0.05, 0.1) is 29.0 Å². The van der Waals surface area contributed by atoms with E-state index in [4.69, 9.17) is 37.7 Å². The molecule has 0 bridgehead atoms. The van der Waals surface area contributed by atoms with Crippen LogP contribution >= 0.6 is 23.2 Å². The van der Waals surface area contributed by atoms with Crippen LogP contribution in [0.25, 0.3) is 39.2 Å². The summed E-state index contributed by atoms with van der Waals surface area (Å²) in [7, 11) is 3.25. The van der Waals surface area contributed by atoms with E-state index in [9.17, 15) is 9.59 Å². The minimum atomic E-state index is -0.133. The SMILES string of the molecule is COc1nc(-c2cccc(-c3cccc(-c4ccn5c(=O)c(CNC[C@H](C)OC)cnc5c4)c3Cl)c2Cl)ccc1CNC[C@@H]1CCC(=O)N1. The Kier molecular flexibility index (Phi) is 10.9. The lowest BCUT2D eigenvalue weighted by atomic mass is 9.97. The molecular formula is C37H38Cl2N6O4. The number of benzene rings is 2. The Hall–Kier alpha value is -4.32. The molecule has 1 amide bonds. The van der Waals surface area contributed by atoms with Gasteiger partial charge < -0.3 is 25.4 Å². The van der Waals surface area contributed by atoms with E-state index in [1.54, 1.807) is 26.6 Å². The average molecular weight is 702 g/mol. The number of aromatic nitrogens is 3. The van der Waals surface area contributed by atoms with Crippen LogP contribution in [0.15, 0.2) is 77.9 Å². The maximum Gasteiger partial charge on any atom is 0.262 e. The fourth-order valence-electron chi connectivity index (χ4n) is 5.94. The molecule has 5 aromatic rings. The third-order valence-corrected chi connectivity index (χ3v) is 9.54. The largest absolute Gasteiger partial charge is 0.481 e. The summed E-state index contributed by atoms with van der Waals surface area (Å²) in [6.07, 6.45) is 4.77. The number of amides is 1. The fraction of sp³-hybridized carbons (Fsp3) is 0.297. The first-order valence-electron chi connectivity index (χ1n) is 16.1. The fourth-order valence-corrected chi connectivity index (χ4v) is 6.60. The zero-order chi connectivity index (χ0) is 34.5. The van der Waals surface area contributed by atoms with E-state index < -0.39 is 0 Å². The van der Waals surface area contributed by atoms with Gasteiger partial charge in [-0.15, -0.1) is 0 Å². The number of carbonyl (C=O) groups excluding carboxylic acids is 1. The van der Waals surface area contributed by atoms with Crippen molar-refractivity contribution in [3.05, 3.63) is 105 Å². The molecule has 49 heavy (non-hydrogen) atoms. The molecular weight excluding hydrogens is 663 g/mol. The Bertz CT molecular complexity index is 2050. The molecule has 12 heteroatoms. The Balaban J connectivity index is 1.24. The number of carbonyl (C=O) groups is 1. The zero-order valence-electron chi connectivity index (χ0n) is 27.6. The van der Waals surface area contributed by atoms with Gasteiger partial charge in [0.1, 0.15) is 5.65 Å². The van der Waals surface area contributed by atoms with E-state index in [1.807, 2.05) is 67.6 Å². The zero-order valence-corrected chi connectivity index (χ0v) is 29.1. The molecule has 1 fully saturated rings. The van der Waals surface area contributed by atoms with Crippen molar-refractivity contribution < 1.29 is 14.3 Å². The molecule has 10 nitrogen and oxygen atoms in total. The second-order valence-electron chi connectivity index (χ2n) is 12.0. The number of ether oxygens (including phenoxy) is 2. The van der Waals surface area contributed by atoms with E-state index in [2.05, 4.69) is 20.9 Å². The van der Waals surface area contributed by atoms with Gasteiger partial charge in [-0.3, -0.25) is 14.0 Å². The van der Waals surface area contributed by atoms with Crippen LogP contribution in [0.1, 0.15) is 30.9 Å². The van der Waals surface area contributed by atoms with Crippen LogP contribution in [0.5, 0.6) is 5.88 Å². The Morgan fingerprint density at radius 1 is 0.939 bits per heavy atom. The van der Waals surface area contributed by atoms with Gasteiger partial charge in [0, 0.05) is 91.5 Å². The molecule has 0 radical (unpaired) electrons. The molecule has 1 aliphatic heterocycles. The first-order valence-corrected chi connectivity index (χ1v) is 16.9. The predicted molar refractivity (Wildman–Crippen MR) is 193 cm³/mol. The molecule has 2 atom stereocenters. The number of pyridine rings is 2. The number of halogens is 2. The smallest absolute Gasteiger partial charge is 0.262 e. The molecule has 0 unspecified atom stereocenters. The van der Waals surface area contributed by atoms with Crippen molar-refractivity contribution in [3.8, 4) is 39.4 Å². The molecule has 6 rings (SSSR count). The highest BCUT2D eigenvalue weighted by Crippen LogP contribution is 2.42. The maximum atomic E-state index is 13.2. The van der Waals surface area contributed by atoms with E-state index >= 15 is 0 Å². The summed E-state index contributed by atoms with van der Waals surface area (Å²) in [5.41, 5.74) is 6.36. The van der Waals surface area contributed by atoms with E-state index in [-0.39, 0.29) is 23.6 Å². The summed E-state index contributed by atoms with van der Waals surface area (Å²) in [5.74, 6) is 0.591. The first-order chi connectivity index (χ1) is 23.8. The Labute approximate surface area is 294 Å². The van der Waals surface area contributed by atoms with Gasteiger partial charge in [0.15, 0.2) is 0 Å². The van der Waals surface area contributed by atoms with Crippen LogP contribution in [0.3, 0.4) is 0 Å². The third-order valence-electron chi connectivity index (χ3n) is 8.73. The number of rotatable bonds is 13. The number of hydrogen-bond donors (Lipinski definition) is 3. The molecule has 2 aromatic carbocycles. The van der Waals surface area contributed by atoms with Gasteiger partial charge >= 0.3 is 0 Å². The van der Waals surface area contributed by atoms with Gasteiger partial charge in [-0.05, 0) is 37.1 Å². The summed E-state index contributed by atoms with van der Waals surface area (Å²) in [6, 6.07) is 19.3. The quantitative estimate of drug-likeness (QED) is 0.139. The van der Waals surface area contributed by atoms with Crippen LogP contribution in [-0.4, -0.2) is 59.7 Å². The van der Waals surface area contributed by atoms with E-state index in [0.717, 1.165) is 39.8 Å². The highest BCUT2D eigenvalue weighted by molar-refractivity contribution is 6.39. The molecule has 0 spiro atoms. The number of hydrogen-bond acceptors (Lipinski definition) is 8. The van der Waals surface area contributed by atoms with Gasteiger partial charge in [0.25, 0.3) is 5.56 Å². The molecule has 0 aliphatic carbocycles. The van der Waals surface area contributed by atoms with Crippen LogP contribution < -0.4 is 26.2 Å². The van der Waals surface area contributed by atoms with E-state index in [1.165, 1.54) is 4.40 Å². The van der Waals surface area contributed by atoms with Crippen molar-refractivity contribution >= 4 is 34.8 Å². The van der Waals surface area contributed by atoms with E-state index in [0.29, 0.717) is 65.4 Å². The monoisotopic (exact) mass is 700 g/mol. The number of nitrogens with zero attached hydrogens (tertiary/aromatic N) is 3. The van der Waals surface area contributed by atoms with Crippen LogP contribution in [0, 0.1) is 0 Å². The van der Waals surface area contributed by atoms with Gasteiger partial charge in [-0.2, -0.15) is 0 Å². The van der Waals surface area contributed by atoms with Gasteiger partial charge in [0.2, 0.25) is 11.8 Å². The maximum absolute atomic E-state index is 13.2. The third kappa shape index (κ3) is 7.64. The number of fused-ring (bicyclic) bond motifs is 1. The predicted octanol–water partition coefficient (Wildman–Crippen LogP) is 5.90. The number of methoxy groups -OCH3 is 2. The molecule has 3 aromatic heterocycles. The van der Waals surface area contributed by atoms with Crippen LogP contribution in [0.2, 0.25) is 10.0 Å².